The Hall–Kier alpha value is -1.42. The van der Waals surface area contributed by atoms with Gasteiger partial charge in [0.2, 0.25) is 0 Å². The predicted octanol–water partition coefficient (Wildman–Crippen LogP) is 2.44. The van der Waals surface area contributed by atoms with Gasteiger partial charge in [-0.2, -0.15) is 0 Å². The summed E-state index contributed by atoms with van der Waals surface area (Å²) in [4.78, 5) is 4.54. The van der Waals surface area contributed by atoms with Crippen molar-refractivity contribution in [2.45, 2.75) is 26.8 Å². The molecule has 1 aromatic carbocycles. The third-order valence-electron chi connectivity index (χ3n) is 3.06. The lowest BCUT2D eigenvalue weighted by Crippen LogP contribution is -2.40. The molecule has 0 amide bonds. The van der Waals surface area contributed by atoms with Gasteiger partial charge in [-0.1, -0.05) is 0 Å². The van der Waals surface area contributed by atoms with Crippen molar-refractivity contribution in [2.24, 2.45) is 0 Å². The normalized spacial score (nSPS) is 12.5. The number of nitrogen functional groups attached to an aromatic ring is 1. The van der Waals surface area contributed by atoms with Crippen LogP contribution < -0.4 is 15.4 Å². The van der Waals surface area contributed by atoms with Crippen molar-refractivity contribution < 1.29 is 4.74 Å². The molecule has 0 fully saturated rings. The number of hydrogen-bond acceptors (Lipinski definition) is 4. The van der Waals surface area contributed by atoms with E-state index in [1.54, 1.807) is 0 Å². The van der Waals surface area contributed by atoms with Crippen molar-refractivity contribution in [3.8, 4) is 5.75 Å². The minimum absolute atomic E-state index is 0.427. The maximum absolute atomic E-state index is 5.97. The van der Waals surface area contributed by atoms with Gasteiger partial charge in [0, 0.05) is 42.6 Å². The first kappa shape index (κ1) is 15.6. The fraction of sp³-hybridized carbons (Fsp3) is 0.600. The van der Waals surface area contributed by atoms with E-state index in [0.717, 1.165) is 30.2 Å². The van der Waals surface area contributed by atoms with Crippen LogP contribution in [-0.2, 0) is 0 Å². The molecule has 19 heavy (non-hydrogen) atoms. The molecule has 0 heterocycles. The highest BCUT2D eigenvalue weighted by Gasteiger charge is 2.15. The lowest BCUT2D eigenvalue weighted by Gasteiger charge is -2.32. The Labute approximate surface area is 117 Å². The quantitative estimate of drug-likeness (QED) is 0.769. The Bertz CT molecular complexity index is 393. The Morgan fingerprint density at radius 1 is 1.21 bits per heavy atom. The van der Waals surface area contributed by atoms with Crippen molar-refractivity contribution in [3.63, 3.8) is 0 Å². The number of likely N-dealkylation sites (N-methyl/N-ethyl adjacent to an activating group) is 2. The van der Waals surface area contributed by atoms with Gasteiger partial charge in [-0.3, -0.25) is 0 Å². The first-order valence-corrected chi connectivity index (χ1v) is 6.92. The highest BCUT2D eigenvalue weighted by molar-refractivity contribution is 5.61. The van der Waals surface area contributed by atoms with Gasteiger partial charge >= 0.3 is 0 Å². The van der Waals surface area contributed by atoms with Crippen LogP contribution in [0.1, 0.15) is 20.8 Å². The van der Waals surface area contributed by atoms with Crippen LogP contribution in [0.15, 0.2) is 18.2 Å². The number of rotatable bonds is 7. The number of benzene rings is 1. The number of ether oxygens (including phenoxy) is 1. The van der Waals surface area contributed by atoms with Crippen molar-refractivity contribution in [1.82, 2.24) is 4.90 Å². The van der Waals surface area contributed by atoms with Crippen molar-refractivity contribution >= 4 is 11.4 Å². The molecule has 0 saturated carbocycles. The van der Waals surface area contributed by atoms with Gasteiger partial charge in [0.1, 0.15) is 5.75 Å². The zero-order valence-corrected chi connectivity index (χ0v) is 12.8. The zero-order valence-electron chi connectivity index (χ0n) is 12.8. The smallest absolute Gasteiger partial charge is 0.123 e. The second-order valence-electron chi connectivity index (χ2n) is 5.09. The van der Waals surface area contributed by atoms with E-state index in [2.05, 4.69) is 43.8 Å². The fourth-order valence-corrected chi connectivity index (χ4v) is 2.40. The van der Waals surface area contributed by atoms with Gasteiger partial charge in [0.25, 0.3) is 0 Å². The van der Waals surface area contributed by atoms with Gasteiger partial charge in [-0.15, -0.1) is 0 Å². The predicted molar refractivity (Wildman–Crippen MR) is 83.1 cm³/mol. The molecule has 0 bridgehead atoms. The third kappa shape index (κ3) is 4.63. The molecule has 0 aliphatic carbocycles. The lowest BCUT2D eigenvalue weighted by atomic mass is 10.2. The SMILES string of the molecule is CCOc1cc(N)cc(N(CC)C(C)CN(C)C)c1. The van der Waals surface area contributed by atoms with Crippen LogP contribution in [-0.4, -0.2) is 44.7 Å². The number of nitrogens with zero attached hydrogens (tertiary/aromatic N) is 2. The van der Waals surface area contributed by atoms with E-state index >= 15 is 0 Å². The van der Waals surface area contributed by atoms with Gasteiger partial charge in [0.05, 0.1) is 6.61 Å². The van der Waals surface area contributed by atoms with E-state index in [1.807, 2.05) is 19.1 Å². The first-order valence-electron chi connectivity index (χ1n) is 6.92. The molecule has 4 heteroatoms. The van der Waals surface area contributed by atoms with E-state index in [0.29, 0.717) is 12.6 Å². The van der Waals surface area contributed by atoms with Crippen molar-refractivity contribution in [3.05, 3.63) is 18.2 Å². The summed E-state index contributed by atoms with van der Waals surface area (Å²) in [7, 11) is 4.19. The van der Waals surface area contributed by atoms with Gasteiger partial charge in [0.15, 0.2) is 0 Å². The second-order valence-corrected chi connectivity index (χ2v) is 5.09. The van der Waals surface area contributed by atoms with E-state index in [-0.39, 0.29) is 0 Å². The van der Waals surface area contributed by atoms with Crippen LogP contribution in [0.4, 0.5) is 11.4 Å². The summed E-state index contributed by atoms with van der Waals surface area (Å²) in [6, 6.07) is 6.38. The van der Waals surface area contributed by atoms with Crippen LogP contribution in [0.2, 0.25) is 0 Å². The summed E-state index contributed by atoms with van der Waals surface area (Å²) in [5.41, 5.74) is 7.84. The molecule has 0 radical (unpaired) electrons. The molecule has 4 nitrogen and oxygen atoms in total. The summed E-state index contributed by atoms with van der Waals surface area (Å²) < 4.78 is 5.57. The summed E-state index contributed by atoms with van der Waals surface area (Å²) in [5.74, 6) is 0.841. The number of nitrogens with two attached hydrogens (primary N) is 1. The molecule has 1 rings (SSSR count). The van der Waals surface area contributed by atoms with E-state index in [4.69, 9.17) is 10.5 Å². The summed E-state index contributed by atoms with van der Waals surface area (Å²) >= 11 is 0. The summed E-state index contributed by atoms with van der Waals surface area (Å²) in [6.07, 6.45) is 0. The molecule has 1 unspecified atom stereocenters. The average Bonchev–Trinajstić information content (AvgIpc) is 2.28. The molecule has 0 aliphatic heterocycles. The molecular formula is C15H27N3O. The first-order chi connectivity index (χ1) is 8.97. The molecular weight excluding hydrogens is 238 g/mol. The van der Waals surface area contributed by atoms with Crippen LogP contribution >= 0.6 is 0 Å². The molecule has 0 aliphatic rings. The van der Waals surface area contributed by atoms with E-state index in [9.17, 15) is 0 Å². The van der Waals surface area contributed by atoms with E-state index < -0.39 is 0 Å². The average molecular weight is 265 g/mol. The molecule has 108 valence electrons. The third-order valence-corrected chi connectivity index (χ3v) is 3.06. The Morgan fingerprint density at radius 2 is 1.89 bits per heavy atom. The molecule has 1 atom stereocenters. The maximum Gasteiger partial charge on any atom is 0.123 e. The Kier molecular flexibility index (Phi) is 5.96. The molecule has 0 saturated heterocycles. The largest absolute Gasteiger partial charge is 0.494 e. The van der Waals surface area contributed by atoms with Gasteiger partial charge in [-0.25, -0.2) is 0 Å². The zero-order chi connectivity index (χ0) is 14.4. The Balaban J connectivity index is 2.96. The highest BCUT2D eigenvalue weighted by atomic mass is 16.5. The van der Waals surface area contributed by atoms with Crippen LogP contribution in [0, 0.1) is 0 Å². The molecule has 1 aromatic rings. The van der Waals surface area contributed by atoms with Gasteiger partial charge in [-0.05, 0) is 40.9 Å². The number of hydrogen-bond donors (Lipinski definition) is 1. The fourth-order valence-electron chi connectivity index (χ4n) is 2.40. The van der Waals surface area contributed by atoms with Gasteiger partial charge < -0.3 is 20.3 Å². The summed E-state index contributed by atoms with van der Waals surface area (Å²) in [5, 5.41) is 0. The maximum atomic E-state index is 5.97. The van der Waals surface area contributed by atoms with E-state index in [1.165, 1.54) is 0 Å². The lowest BCUT2D eigenvalue weighted by molar-refractivity contribution is 0.340. The second kappa shape index (κ2) is 7.24. The monoisotopic (exact) mass is 265 g/mol. The Morgan fingerprint density at radius 3 is 2.42 bits per heavy atom. The summed E-state index contributed by atoms with van der Waals surface area (Å²) in [6.45, 7) is 8.98. The topological polar surface area (TPSA) is 41.7 Å². The number of anilines is 2. The van der Waals surface area contributed by atoms with Crippen LogP contribution in [0.5, 0.6) is 5.75 Å². The minimum atomic E-state index is 0.427. The highest BCUT2D eigenvalue weighted by Crippen LogP contribution is 2.27. The molecule has 0 aromatic heterocycles. The standard InChI is InChI=1S/C15H27N3O/c1-6-18(12(3)11-17(4)5)14-8-13(16)9-15(10-14)19-7-2/h8-10,12H,6-7,11,16H2,1-5H3. The molecule has 0 spiro atoms. The van der Waals surface area contributed by atoms with Crippen molar-refractivity contribution in [2.75, 3.05) is 44.4 Å². The van der Waals surface area contributed by atoms with Crippen molar-refractivity contribution in [1.29, 1.82) is 0 Å². The van der Waals surface area contributed by atoms with Crippen LogP contribution in [0.3, 0.4) is 0 Å². The minimum Gasteiger partial charge on any atom is -0.494 e. The molecule has 2 N–H and O–H groups in total. The van der Waals surface area contributed by atoms with Crippen LogP contribution in [0.25, 0.3) is 0 Å².